The highest BCUT2D eigenvalue weighted by molar-refractivity contribution is 5.97. The van der Waals surface area contributed by atoms with Gasteiger partial charge in [-0.15, -0.1) is 0 Å². The van der Waals surface area contributed by atoms with Crippen molar-refractivity contribution in [3.05, 3.63) is 106 Å². The molecule has 4 N–H and O–H groups in total. The van der Waals surface area contributed by atoms with Crippen molar-refractivity contribution < 1.29 is 0 Å². The van der Waals surface area contributed by atoms with Crippen LogP contribution in [0.5, 0.6) is 0 Å². The Kier molecular flexibility index (Phi) is 9.25. The zero-order chi connectivity index (χ0) is 25.4. The molecule has 0 saturated carbocycles. The molecule has 3 aromatic rings. The van der Waals surface area contributed by atoms with E-state index in [9.17, 15) is 0 Å². The van der Waals surface area contributed by atoms with Crippen molar-refractivity contribution in [2.24, 2.45) is 0 Å². The molecule has 0 unspecified atom stereocenters. The fourth-order valence-electron chi connectivity index (χ4n) is 4.23. The van der Waals surface area contributed by atoms with Gasteiger partial charge in [0.1, 0.15) is 11.7 Å². The molecule has 0 fully saturated rings. The van der Waals surface area contributed by atoms with Crippen LogP contribution in [0, 0.1) is 17.7 Å². The molecule has 35 heavy (non-hydrogen) atoms. The van der Waals surface area contributed by atoms with Crippen molar-refractivity contribution >= 4 is 11.7 Å². The predicted octanol–water partition coefficient (Wildman–Crippen LogP) is 6.21. The standard InChI is InChI=1S/C31H40N4/c1-21(2)34-30(32)28-14-10-24(11-15-28)6-8-26-18-23(5)19-27(20-26)9-7-25-12-16-29(17-13-25)31(33)35-22(3)4/h10-22H,6-9H2,1-5H3,(H2,32,34)(H2,33,35). The fourth-order valence-corrected chi connectivity index (χ4v) is 4.23. The second-order valence-corrected chi connectivity index (χ2v) is 10.1. The minimum atomic E-state index is 0.263. The van der Waals surface area contributed by atoms with Crippen LogP contribution in [-0.2, 0) is 25.7 Å². The zero-order valence-electron chi connectivity index (χ0n) is 21.8. The smallest absolute Gasteiger partial charge is 0.125 e. The summed E-state index contributed by atoms with van der Waals surface area (Å²) in [6, 6.07) is 24.2. The summed E-state index contributed by atoms with van der Waals surface area (Å²) in [5, 5.41) is 22.6. The first-order valence-electron chi connectivity index (χ1n) is 12.7. The highest BCUT2D eigenvalue weighted by Crippen LogP contribution is 2.16. The Bertz CT molecular complexity index is 1040. The second-order valence-electron chi connectivity index (χ2n) is 10.1. The summed E-state index contributed by atoms with van der Waals surface area (Å²) in [6.45, 7) is 10.4. The number of amidine groups is 2. The molecule has 184 valence electrons. The molecule has 4 heteroatoms. The van der Waals surface area contributed by atoms with E-state index in [0.717, 1.165) is 36.8 Å². The summed E-state index contributed by atoms with van der Waals surface area (Å²) in [6.07, 6.45) is 4.00. The van der Waals surface area contributed by atoms with Crippen LogP contribution >= 0.6 is 0 Å². The molecule has 4 nitrogen and oxygen atoms in total. The first-order chi connectivity index (χ1) is 16.7. The molecular weight excluding hydrogens is 428 g/mol. The first-order valence-corrected chi connectivity index (χ1v) is 12.7. The average molecular weight is 469 g/mol. The van der Waals surface area contributed by atoms with Crippen LogP contribution in [0.15, 0.2) is 66.7 Å². The molecule has 3 aromatic carbocycles. The van der Waals surface area contributed by atoms with Crippen LogP contribution in [0.3, 0.4) is 0 Å². The lowest BCUT2D eigenvalue weighted by molar-refractivity contribution is 0.730. The number of benzene rings is 3. The quantitative estimate of drug-likeness (QED) is 0.211. The molecule has 0 saturated heterocycles. The Morgan fingerprint density at radius 3 is 1.26 bits per heavy atom. The van der Waals surface area contributed by atoms with Gasteiger partial charge in [0.25, 0.3) is 0 Å². The fraction of sp³-hybridized carbons (Fsp3) is 0.355. The number of aryl methyl sites for hydroxylation is 5. The van der Waals surface area contributed by atoms with E-state index in [-0.39, 0.29) is 12.1 Å². The number of nitrogens with one attached hydrogen (secondary N) is 4. The minimum Gasteiger partial charge on any atom is -0.368 e. The second kappa shape index (κ2) is 12.3. The minimum absolute atomic E-state index is 0.263. The van der Waals surface area contributed by atoms with Crippen LogP contribution in [0.2, 0.25) is 0 Å². The SMILES string of the molecule is Cc1cc(CCc2ccc(C(=N)NC(C)C)cc2)cc(CCc2ccc(C(=N)NC(C)C)cc2)c1. The summed E-state index contributed by atoms with van der Waals surface area (Å²) in [7, 11) is 0. The summed E-state index contributed by atoms with van der Waals surface area (Å²) in [5.41, 5.74) is 8.52. The topological polar surface area (TPSA) is 71.8 Å². The summed E-state index contributed by atoms with van der Waals surface area (Å²) in [5.74, 6) is 0.963. The Morgan fingerprint density at radius 1 is 0.571 bits per heavy atom. The monoisotopic (exact) mass is 468 g/mol. The third-order valence-electron chi connectivity index (χ3n) is 5.95. The number of hydrogen-bond acceptors (Lipinski definition) is 2. The van der Waals surface area contributed by atoms with Crippen molar-refractivity contribution in [3.63, 3.8) is 0 Å². The number of rotatable bonds is 10. The first kappa shape index (κ1) is 26.2. The molecule has 0 aliphatic heterocycles. The van der Waals surface area contributed by atoms with E-state index in [0.29, 0.717) is 11.7 Å². The zero-order valence-corrected chi connectivity index (χ0v) is 21.8. The number of hydrogen-bond donors (Lipinski definition) is 4. The van der Waals surface area contributed by atoms with E-state index in [1.165, 1.54) is 27.8 Å². The van der Waals surface area contributed by atoms with Crippen molar-refractivity contribution in [1.29, 1.82) is 10.8 Å². The van der Waals surface area contributed by atoms with Crippen LogP contribution in [0.25, 0.3) is 0 Å². The Balaban J connectivity index is 1.56. The molecule has 3 rings (SSSR count). The van der Waals surface area contributed by atoms with E-state index in [2.05, 4.69) is 60.0 Å². The average Bonchev–Trinajstić information content (AvgIpc) is 2.81. The van der Waals surface area contributed by atoms with E-state index in [1.807, 2.05) is 52.0 Å². The summed E-state index contributed by atoms with van der Waals surface area (Å²) >= 11 is 0. The van der Waals surface area contributed by atoms with Gasteiger partial charge in [-0.1, -0.05) is 72.3 Å². The largest absolute Gasteiger partial charge is 0.368 e. The lowest BCUT2D eigenvalue weighted by atomic mass is 9.96. The maximum Gasteiger partial charge on any atom is 0.125 e. The van der Waals surface area contributed by atoms with Gasteiger partial charge < -0.3 is 10.6 Å². The van der Waals surface area contributed by atoms with E-state index < -0.39 is 0 Å². The van der Waals surface area contributed by atoms with Gasteiger partial charge in [-0.05, 0) is 82.6 Å². The normalized spacial score (nSPS) is 11.1. The van der Waals surface area contributed by atoms with Gasteiger partial charge in [-0.2, -0.15) is 0 Å². The maximum absolute atomic E-state index is 8.15. The van der Waals surface area contributed by atoms with Gasteiger partial charge in [-0.25, -0.2) is 0 Å². The molecule has 0 radical (unpaired) electrons. The van der Waals surface area contributed by atoms with Gasteiger partial charge in [-0.3, -0.25) is 10.8 Å². The van der Waals surface area contributed by atoms with Crippen molar-refractivity contribution in [2.45, 2.75) is 72.4 Å². The maximum atomic E-state index is 8.15. The van der Waals surface area contributed by atoms with Gasteiger partial charge in [0.05, 0.1) is 0 Å². The van der Waals surface area contributed by atoms with E-state index in [4.69, 9.17) is 10.8 Å². The lowest BCUT2D eigenvalue weighted by Crippen LogP contribution is -2.30. The molecule has 0 atom stereocenters. The van der Waals surface area contributed by atoms with Crippen molar-refractivity contribution in [3.8, 4) is 0 Å². The van der Waals surface area contributed by atoms with Gasteiger partial charge in [0, 0.05) is 23.2 Å². The molecule has 0 aliphatic carbocycles. The lowest BCUT2D eigenvalue weighted by Gasteiger charge is -2.12. The Morgan fingerprint density at radius 2 is 0.914 bits per heavy atom. The van der Waals surface area contributed by atoms with Crippen LogP contribution < -0.4 is 10.6 Å². The third kappa shape index (κ3) is 8.40. The highest BCUT2D eigenvalue weighted by atomic mass is 15.0. The molecule has 0 aliphatic rings. The molecule has 0 heterocycles. The Hall–Kier alpha value is -3.40. The van der Waals surface area contributed by atoms with Crippen LogP contribution in [0.1, 0.15) is 66.6 Å². The molecule has 0 bridgehead atoms. The summed E-state index contributed by atoms with van der Waals surface area (Å²) < 4.78 is 0. The van der Waals surface area contributed by atoms with Gasteiger partial charge in [0.2, 0.25) is 0 Å². The van der Waals surface area contributed by atoms with Crippen LogP contribution in [0.4, 0.5) is 0 Å². The molecule has 0 spiro atoms. The van der Waals surface area contributed by atoms with Gasteiger partial charge in [0.15, 0.2) is 0 Å². The third-order valence-corrected chi connectivity index (χ3v) is 5.95. The predicted molar refractivity (Wildman–Crippen MR) is 149 cm³/mol. The van der Waals surface area contributed by atoms with E-state index >= 15 is 0 Å². The van der Waals surface area contributed by atoms with Crippen molar-refractivity contribution in [2.75, 3.05) is 0 Å². The summed E-state index contributed by atoms with van der Waals surface area (Å²) in [4.78, 5) is 0. The van der Waals surface area contributed by atoms with E-state index in [1.54, 1.807) is 0 Å². The van der Waals surface area contributed by atoms with Gasteiger partial charge >= 0.3 is 0 Å². The van der Waals surface area contributed by atoms with Crippen LogP contribution in [-0.4, -0.2) is 23.8 Å². The van der Waals surface area contributed by atoms with Crippen molar-refractivity contribution in [1.82, 2.24) is 10.6 Å². The molecular formula is C31H40N4. The Labute approximate surface area is 211 Å². The molecule has 0 amide bonds. The highest BCUT2D eigenvalue weighted by Gasteiger charge is 2.06. The molecule has 0 aromatic heterocycles.